The van der Waals surface area contributed by atoms with Crippen LogP contribution in [0.25, 0.3) is 0 Å². The van der Waals surface area contributed by atoms with Crippen LogP contribution in [0.3, 0.4) is 0 Å². The molecule has 0 unspecified atom stereocenters. The summed E-state index contributed by atoms with van der Waals surface area (Å²) in [6.45, 7) is 0.449. The van der Waals surface area contributed by atoms with E-state index in [1.807, 2.05) is 0 Å². The van der Waals surface area contributed by atoms with Crippen LogP contribution in [0.15, 0.2) is 18.2 Å². The fraction of sp³-hybridized carbons (Fsp3) is 0.562. The van der Waals surface area contributed by atoms with Crippen LogP contribution in [-0.4, -0.2) is 24.6 Å². The first-order chi connectivity index (χ1) is 10.5. The topological polar surface area (TPSA) is 64.3 Å². The number of carbonyl (C=O) groups excluding carboxylic acids is 1. The highest BCUT2D eigenvalue weighted by Gasteiger charge is 2.19. The highest BCUT2D eigenvalue weighted by molar-refractivity contribution is 6.35. The van der Waals surface area contributed by atoms with E-state index < -0.39 is 0 Å². The summed E-state index contributed by atoms with van der Waals surface area (Å²) in [6.07, 6.45) is 5.03. The second-order valence-electron chi connectivity index (χ2n) is 5.71. The molecule has 3 N–H and O–H groups in total. The molecule has 1 saturated carbocycles. The van der Waals surface area contributed by atoms with Gasteiger partial charge < -0.3 is 15.8 Å². The second-order valence-corrected chi connectivity index (χ2v) is 6.55. The molecule has 7 heteroatoms. The zero-order chi connectivity index (χ0) is 15.9. The first-order valence-corrected chi connectivity index (χ1v) is 8.43. The Bertz CT molecular complexity index is 506. The third kappa shape index (κ3) is 7.17. The number of nitrogens with two attached hydrogens (primary N) is 1. The van der Waals surface area contributed by atoms with Gasteiger partial charge in [0.25, 0.3) is 0 Å². The molecule has 0 heterocycles. The van der Waals surface area contributed by atoms with Gasteiger partial charge in [0, 0.05) is 23.5 Å². The minimum absolute atomic E-state index is 0. The Kier molecular flexibility index (Phi) is 9.07. The molecular weight excluding hydrogens is 359 g/mol. The fourth-order valence-corrected chi connectivity index (χ4v) is 3.03. The molecule has 4 nitrogen and oxygen atoms in total. The third-order valence-corrected chi connectivity index (χ3v) is 4.37. The Morgan fingerprint density at radius 3 is 2.61 bits per heavy atom. The van der Waals surface area contributed by atoms with E-state index in [1.165, 1.54) is 0 Å². The maximum absolute atomic E-state index is 11.9. The number of hydrogen-bond acceptors (Lipinski definition) is 3. The Morgan fingerprint density at radius 2 is 1.96 bits per heavy atom. The molecule has 1 aliphatic carbocycles. The number of rotatable bonds is 6. The maximum Gasteiger partial charge on any atom is 0.220 e. The number of nitrogens with one attached hydrogen (secondary N) is 1. The molecule has 23 heavy (non-hydrogen) atoms. The van der Waals surface area contributed by atoms with Gasteiger partial charge in [0.1, 0.15) is 5.75 Å². The molecule has 0 atom stereocenters. The van der Waals surface area contributed by atoms with E-state index >= 15 is 0 Å². The lowest BCUT2D eigenvalue weighted by molar-refractivity contribution is -0.122. The number of hydrogen-bond donors (Lipinski definition) is 2. The molecule has 0 bridgehead atoms. The van der Waals surface area contributed by atoms with Crippen molar-refractivity contribution in [3.05, 3.63) is 28.2 Å². The van der Waals surface area contributed by atoms with Gasteiger partial charge in [-0.15, -0.1) is 12.4 Å². The number of ether oxygens (including phenoxy) is 1. The van der Waals surface area contributed by atoms with E-state index in [0.717, 1.165) is 25.7 Å². The molecule has 0 saturated heterocycles. The fourth-order valence-electron chi connectivity index (χ4n) is 2.57. The lowest BCUT2D eigenvalue weighted by atomic mass is 9.92. The van der Waals surface area contributed by atoms with Crippen LogP contribution in [0.2, 0.25) is 10.0 Å². The predicted octanol–water partition coefficient (Wildman–Crippen LogP) is 3.96. The van der Waals surface area contributed by atoms with Gasteiger partial charge in [0.2, 0.25) is 5.91 Å². The molecule has 1 aromatic carbocycles. The van der Waals surface area contributed by atoms with Gasteiger partial charge in [-0.3, -0.25) is 4.79 Å². The molecule has 0 spiro atoms. The molecule has 1 aromatic rings. The zero-order valence-corrected chi connectivity index (χ0v) is 15.2. The van der Waals surface area contributed by atoms with Gasteiger partial charge >= 0.3 is 0 Å². The minimum Gasteiger partial charge on any atom is -0.492 e. The van der Waals surface area contributed by atoms with Crippen molar-refractivity contribution < 1.29 is 9.53 Å². The summed E-state index contributed by atoms with van der Waals surface area (Å²) in [6, 6.07) is 5.67. The van der Waals surface area contributed by atoms with Crippen molar-refractivity contribution in [2.45, 2.75) is 50.6 Å². The minimum atomic E-state index is 0. The Labute approximate surface area is 153 Å². The summed E-state index contributed by atoms with van der Waals surface area (Å²) in [5, 5.41) is 4.12. The molecule has 0 aliphatic heterocycles. The maximum atomic E-state index is 11.9. The Hall–Kier alpha value is -0.680. The largest absolute Gasteiger partial charge is 0.492 e. The van der Waals surface area contributed by atoms with E-state index in [2.05, 4.69) is 5.32 Å². The molecule has 0 aromatic heterocycles. The first-order valence-electron chi connectivity index (χ1n) is 7.67. The quantitative estimate of drug-likeness (QED) is 0.733. The van der Waals surface area contributed by atoms with Gasteiger partial charge in [-0.25, -0.2) is 0 Å². The number of amides is 1. The lowest BCUT2D eigenvalue weighted by Crippen LogP contribution is -2.40. The predicted molar refractivity (Wildman–Crippen MR) is 96.8 cm³/mol. The standard InChI is InChI=1S/C16H22Cl2N2O2.ClH/c17-11-3-8-15(14(18)10-11)22-9-1-2-16(21)20-13-6-4-12(19)5-7-13;/h3,8,10,12-13H,1-2,4-7,9,19H2,(H,20,21);1H. The van der Waals surface area contributed by atoms with Gasteiger partial charge in [-0.05, 0) is 50.3 Å². The van der Waals surface area contributed by atoms with E-state index in [0.29, 0.717) is 41.3 Å². The van der Waals surface area contributed by atoms with Crippen LogP contribution in [0.1, 0.15) is 38.5 Å². The highest BCUT2D eigenvalue weighted by atomic mass is 35.5. The van der Waals surface area contributed by atoms with Crippen molar-refractivity contribution in [3.63, 3.8) is 0 Å². The van der Waals surface area contributed by atoms with Crippen molar-refractivity contribution in [3.8, 4) is 5.75 Å². The lowest BCUT2D eigenvalue weighted by Gasteiger charge is -2.26. The van der Waals surface area contributed by atoms with Crippen LogP contribution in [-0.2, 0) is 4.79 Å². The molecular formula is C16H23Cl3N2O2. The monoisotopic (exact) mass is 380 g/mol. The molecule has 130 valence electrons. The third-order valence-electron chi connectivity index (χ3n) is 3.84. The molecule has 2 rings (SSSR count). The normalized spacial score (nSPS) is 20.5. The van der Waals surface area contributed by atoms with E-state index in [-0.39, 0.29) is 24.4 Å². The van der Waals surface area contributed by atoms with Gasteiger partial charge in [0.05, 0.1) is 11.6 Å². The molecule has 0 radical (unpaired) electrons. The Balaban J connectivity index is 0.00000264. The van der Waals surface area contributed by atoms with Crippen LogP contribution in [0, 0.1) is 0 Å². The van der Waals surface area contributed by atoms with Gasteiger partial charge in [-0.1, -0.05) is 23.2 Å². The van der Waals surface area contributed by atoms with Crippen molar-refractivity contribution in [1.82, 2.24) is 5.32 Å². The number of carbonyl (C=O) groups is 1. The molecule has 1 fully saturated rings. The number of halogens is 3. The number of benzene rings is 1. The summed E-state index contributed by atoms with van der Waals surface area (Å²) >= 11 is 11.8. The molecule has 1 aliphatic rings. The van der Waals surface area contributed by atoms with Gasteiger partial charge in [-0.2, -0.15) is 0 Å². The highest BCUT2D eigenvalue weighted by Crippen LogP contribution is 2.27. The zero-order valence-electron chi connectivity index (χ0n) is 12.9. The van der Waals surface area contributed by atoms with Crippen molar-refractivity contribution in [1.29, 1.82) is 0 Å². The Morgan fingerprint density at radius 1 is 1.26 bits per heavy atom. The summed E-state index contributed by atoms with van der Waals surface area (Å²) < 4.78 is 5.56. The average molecular weight is 382 g/mol. The van der Waals surface area contributed by atoms with Gasteiger partial charge in [0.15, 0.2) is 0 Å². The van der Waals surface area contributed by atoms with Crippen LogP contribution >= 0.6 is 35.6 Å². The average Bonchev–Trinajstić information content (AvgIpc) is 2.48. The van der Waals surface area contributed by atoms with Crippen molar-refractivity contribution >= 4 is 41.5 Å². The molecule has 1 amide bonds. The summed E-state index contributed by atoms with van der Waals surface area (Å²) in [4.78, 5) is 11.9. The van der Waals surface area contributed by atoms with E-state index in [4.69, 9.17) is 33.7 Å². The second kappa shape index (κ2) is 10.2. The van der Waals surface area contributed by atoms with E-state index in [1.54, 1.807) is 18.2 Å². The van der Waals surface area contributed by atoms with Crippen LogP contribution in [0.4, 0.5) is 0 Å². The van der Waals surface area contributed by atoms with Crippen molar-refractivity contribution in [2.24, 2.45) is 5.73 Å². The SMILES string of the molecule is Cl.NC1CCC(NC(=O)CCCOc2ccc(Cl)cc2Cl)CC1. The summed E-state index contributed by atoms with van der Waals surface area (Å²) in [7, 11) is 0. The summed E-state index contributed by atoms with van der Waals surface area (Å²) in [5.74, 6) is 0.666. The van der Waals surface area contributed by atoms with E-state index in [9.17, 15) is 4.79 Å². The van der Waals surface area contributed by atoms with Crippen LogP contribution in [0.5, 0.6) is 5.75 Å². The van der Waals surface area contributed by atoms with Crippen LogP contribution < -0.4 is 15.8 Å². The first kappa shape index (κ1) is 20.4. The summed E-state index contributed by atoms with van der Waals surface area (Å²) in [5.41, 5.74) is 5.85. The smallest absolute Gasteiger partial charge is 0.220 e. The van der Waals surface area contributed by atoms with Crippen molar-refractivity contribution in [2.75, 3.05) is 6.61 Å².